The number of nitrogens with one attached hydrogen (secondary N) is 1. The highest BCUT2D eigenvalue weighted by Gasteiger charge is 2.44. The topological polar surface area (TPSA) is 49.4 Å². The van der Waals surface area contributed by atoms with Crippen molar-refractivity contribution in [2.24, 2.45) is 5.92 Å². The van der Waals surface area contributed by atoms with Gasteiger partial charge >= 0.3 is 0 Å². The molecule has 18 heavy (non-hydrogen) atoms. The van der Waals surface area contributed by atoms with Crippen molar-refractivity contribution in [3.05, 3.63) is 17.0 Å². The van der Waals surface area contributed by atoms with Crippen LogP contribution in [-0.2, 0) is 16.6 Å². The van der Waals surface area contributed by atoms with Crippen molar-refractivity contribution in [2.75, 3.05) is 13.6 Å². The third-order valence-corrected chi connectivity index (χ3v) is 7.31. The molecule has 2 heterocycles. The van der Waals surface area contributed by atoms with Gasteiger partial charge in [-0.2, -0.15) is 4.31 Å². The quantitative estimate of drug-likeness (QED) is 0.915. The van der Waals surface area contributed by atoms with Crippen LogP contribution in [0.4, 0.5) is 0 Å². The van der Waals surface area contributed by atoms with E-state index in [0.29, 0.717) is 10.1 Å². The fourth-order valence-corrected chi connectivity index (χ4v) is 6.15. The zero-order chi connectivity index (χ0) is 12.8. The fraction of sp³-hybridized carbons (Fsp3) is 0.667. The Labute approximate surface area is 112 Å². The number of fused-ring (bicyclic) bond motifs is 2. The van der Waals surface area contributed by atoms with E-state index in [1.165, 1.54) is 17.8 Å². The first kappa shape index (κ1) is 12.6. The average Bonchev–Trinajstić information content (AvgIpc) is 3.04. The number of sulfonamides is 1. The number of piperidine rings is 1. The van der Waals surface area contributed by atoms with Gasteiger partial charge in [0.25, 0.3) is 10.0 Å². The van der Waals surface area contributed by atoms with E-state index in [0.717, 1.165) is 31.5 Å². The average molecular weight is 286 g/mol. The molecule has 0 aromatic carbocycles. The van der Waals surface area contributed by atoms with E-state index in [-0.39, 0.29) is 6.04 Å². The number of nitrogens with zero attached hydrogens (tertiary/aromatic N) is 1. The first-order chi connectivity index (χ1) is 8.61. The highest BCUT2D eigenvalue weighted by Crippen LogP contribution is 2.41. The van der Waals surface area contributed by atoms with Crippen LogP contribution in [0.25, 0.3) is 0 Å². The second-order valence-electron chi connectivity index (χ2n) is 5.21. The van der Waals surface area contributed by atoms with Gasteiger partial charge in [-0.1, -0.05) is 0 Å². The third-order valence-electron chi connectivity index (χ3n) is 3.93. The molecule has 2 fully saturated rings. The van der Waals surface area contributed by atoms with Crippen LogP contribution < -0.4 is 5.32 Å². The van der Waals surface area contributed by atoms with Crippen LogP contribution in [0.3, 0.4) is 0 Å². The summed E-state index contributed by atoms with van der Waals surface area (Å²) < 4.78 is 27.3. The second kappa shape index (κ2) is 4.59. The minimum atomic E-state index is -3.24. The lowest BCUT2D eigenvalue weighted by Crippen LogP contribution is -2.37. The van der Waals surface area contributed by atoms with Crippen LogP contribution in [0.15, 0.2) is 15.7 Å². The molecule has 2 atom stereocenters. The van der Waals surface area contributed by atoms with Crippen molar-refractivity contribution in [1.82, 2.24) is 9.62 Å². The van der Waals surface area contributed by atoms with Gasteiger partial charge in [-0.3, -0.25) is 0 Å². The summed E-state index contributed by atoms with van der Waals surface area (Å²) in [4.78, 5) is 0. The van der Waals surface area contributed by atoms with E-state index in [4.69, 9.17) is 0 Å². The van der Waals surface area contributed by atoms with Gasteiger partial charge in [0.2, 0.25) is 0 Å². The molecule has 0 radical (unpaired) electrons. The lowest BCUT2D eigenvalue weighted by Gasteiger charge is -2.25. The highest BCUT2D eigenvalue weighted by molar-refractivity contribution is 7.91. The second-order valence-corrected chi connectivity index (χ2v) is 8.24. The Morgan fingerprint density at radius 1 is 1.50 bits per heavy atom. The Bertz CT molecular complexity index is 538. The molecule has 1 aromatic rings. The van der Waals surface area contributed by atoms with Crippen molar-refractivity contribution in [2.45, 2.75) is 36.1 Å². The summed E-state index contributed by atoms with van der Waals surface area (Å²) in [5.74, 6) is 0.599. The third kappa shape index (κ3) is 2.01. The van der Waals surface area contributed by atoms with E-state index in [2.05, 4.69) is 5.32 Å². The molecule has 1 saturated carbocycles. The first-order valence-electron chi connectivity index (χ1n) is 6.35. The monoisotopic (exact) mass is 286 g/mol. The molecule has 1 N–H and O–H groups in total. The Hall–Kier alpha value is -0.430. The van der Waals surface area contributed by atoms with Gasteiger partial charge < -0.3 is 5.32 Å². The van der Waals surface area contributed by atoms with Crippen LogP contribution >= 0.6 is 11.3 Å². The molecule has 0 amide bonds. The number of rotatable bonds is 4. The highest BCUT2D eigenvalue weighted by atomic mass is 32.2. The Kier molecular flexibility index (Phi) is 3.21. The fourth-order valence-electron chi connectivity index (χ4n) is 3.07. The van der Waals surface area contributed by atoms with Gasteiger partial charge in [-0.15, -0.1) is 11.3 Å². The standard InChI is InChI=1S/C12H18N2O2S2/c1-13-6-10-5-12(17-8-10)18(15,16)14-7-9-2-3-11(14)4-9/h5,8-9,11,13H,2-4,6-7H2,1H3. The van der Waals surface area contributed by atoms with Crippen LogP contribution in [-0.4, -0.2) is 32.4 Å². The molecule has 0 spiro atoms. The summed E-state index contributed by atoms with van der Waals surface area (Å²) in [6, 6.07) is 2.07. The number of hydrogen-bond acceptors (Lipinski definition) is 4. The van der Waals surface area contributed by atoms with Gasteiger partial charge in [0.15, 0.2) is 0 Å². The summed E-state index contributed by atoms with van der Waals surface area (Å²) in [5, 5.41) is 4.97. The lowest BCUT2D eigenvalue weighted by molar-refractivity contribution is 0.334. The largest absolute Gasteiger partial charge is 0.316 e. The summed E-state index contributed by atoms with van der Waals surface area (Å²) in [6.07, 6.45) is 3.30. The van der Waals surface area contributed by atoms with E-state index in [1.807, 2.05) is 18.5 Å². The summed E-state index contributed by atoms with van der Waals surface area (Å²) >= 11 is 1.34. The van der Waals surface area contributed by atoms with Crippen molar-refractivity contribution >= 4 is 21.4 Å². The van der Waals surface area contributed by atoms with Crippen molar-refractivity contribution in [1.29, 1.82) is 0 Å². The maximum Gasteiger partial charge on any atom is 0.252 e. The molecule has 100 valence electrons. The Balaban J connectivity index is 1.85. The lowest BCUT2D eigenvalue weighted by atomic mass is 10.1. The Morgan fingerprint density at radius 2 is 2.33 bits per heavy atom. The summed E-state index contributed by atoms with van der Waals surface area (Å²) in [6.45, 7) is 1.45. The molecular formula is C12H18N2O2S2. The maximum atomic E-state index is 12.6. The van der Waals surface area contributed by atoms with Crippen LogP contribution in [0.5, 0.6) is 0 Å². The summed E-state index contributed by atoms with van der Waals surface area (Å²) in [5.41, 5.74) is 1.05. The maximum absolute atomic E-state index is 12.6. The van der Waals surface area contributed by atoms with Crippen LogP contribution in [0.1, 0.15) is 24.8 Å². The summed E-state index contributed by atoms with van der Waals surface area (Å²) in [7, 11) is -1.38. The van der Waals surface area contributed by atoms with Gasteiger partial charge in [0.1, 0.15) is 4.21 Å². The van der Waals surface area contributed by atoms with Crippen LogP contribution in [0.2, 0.25) is 0 Å². The molecule has 2 aliphatic rings. The zero-order valence-electron chi connectivity index (χ0n) is 10.4. The molecule has 3 rings (SSSR count). The SMILES string of the molecule is CNCc1csc(S(=O)(=O)N2CC3CCC2C3)c1. The molecule has 1 saturated heterocycles. The van der Waals surface area contributed by atoms with E-state index < -0.39 is 10.0 Å². The molecular weight excluding hydrogens is 268 g/mol. The van der Waals surface area contributed by atoms with Gasteiger partial charge in [0.05, 0.1) is 0 Å². The molecule has 2 unspecified atom stereocenters. The predicted molar refractivity (Wildman–Crippen MR) is 72.1 cm³/mol. The minimum absolute atomic E-state index is 0.259. The van der Waals surface area contributed by atoms with Crippen molar-refractivity contribution < 1.29 is 8.42 Å². The molecule has 6 heteroatoms. The van der Waals surface area contributed by atoms with E-state index >= 15 is 0 Å². The number of thiophene rings is 1. The van der Waals surface area contributed by atoms with E-state index in [9.17, 15) is 8.42 Å². The predicted octanol–water partition coefficient (Wildman–Crippen LogP) is 1.64. The molecule has 1 aromatic heterocycles. The van der Waals surface area contributed by atoms with Gasteiger partial charge in [-0.05, 0) is 49.2 Å². The van der Waals surface area contributed by atoms with Crippen LogP contribution in [0, 0.1) is 5.92 Å². The molecule has 2 bridgehead atoms. The zero-order valence-corrected chi connectivity index (χ0v) is 12.1. The Morgan fingerprint density at radius 3 is 2.94 bits per heavy atom. The molecule has 1 aliphatic carbocycles. The smallest absolute Gasteiger partial charge is 0.252 e. The van der Waals surface area contributed by atoms with Crippen molar-refractivity contribution in [3.8, 4) is 0 Å². The minimum Gasteiger partial charge on any atom is -0.316 e. The molecule has 4 nitrogen and oxygen atoms in total. The van der Waals surface area contributed by atoms with Crippen molar-refractivity contribution in [3.63, 3.8) is 0 Å². The van der Waals surface area contributed by atoms with Gasteiger partial charge in [-0.25, -0.2) is 8.42 Å². The van der Waals surface area contributed by atoms with Gasteiger partial charge in [0, 0.05) is 19.1 Å². The normalized spacial score (nSPS) is 28.1. The number of hydrogen-bond donors (Lipinski definition) is 1. The van der Waals surface area contributed by atoms with E-state index in [1.54, 1.807) is 4.31 Å². The molecule has 1 aliphatic heterocycles. The first-order valence-corrected chi connectivity index (χ1v) is 8.67.